The summed E-state index contributed by atoms with van der Waals surface area (Å²) in [6.45, 7) is 6.67. The van der Waals surface area contributed by atoms with E-state index in [0.29, 0.717) is 30.5 Å². The Morgan fingerprint density at radius 1 is 1.48 bits per heavy atom. The van der Waals surface area contributed by atoms with Gasteiger partial charge >= 0.3 is 0 Å². The monoisotopic (exact) mass is 368 g/mol. The van der Waals surface area contributed by atoms with Crippen molar-refractivity contribution in [2.45, 2.75) is 39.5 Å². The number of pyridine rings is 1. The van der Waals surface area contributed by atoms with E-state index in [-0.39, 0.29) is 22.8 Å². The van der Waals surface area contributed by atoms with Gasteiger partial charge < -0.3 is 14.5 Å². The summed E-state index contributed by atoms with van der Waals surface area (Å²) in [5, 5.41) is 12.1. The molecule has 8 heteroatoms. The van der Waals surface area contributed by atoms with Gasteiger partial charge in [0.15, 0.2) is 5.82 Å². The van der Waals surface area contributed by atoms with Crippen LogP contribution in [0.25, 0.3) is 0 Å². The predicted octanol–water partition coefficient (Wildman–Crippen LogP) is 3.09. The molecular formula is C17H23ClN4O3. The van der Waals surface area contributed by atoms with E-state index < -0.39 is 0 Å². The lowest BCUT2D eigenvalue weighted by Crippen LogP contribution is -2.43. The molecule has 0 N–H and O–H groups in total. The second-order valence-electron chi connectivity index (χ2n) is 6.53. The van der Waals surface area contributed by atoms with Crippen molar-refractivity contribution in [2.24, 2.45) is 5.92 Å². The first kappa shape index (κ1) is 17.9. The molecule has 1 fully saturated rings. The summed E-state index contributed by atoms with van der Waals surface area (Å²) in [7, 11) is 0. The molecule has 0 bridgehead atoms. The number of nitro groups is 1. The van der Waals surface area contributed by atoms with E-state index in [2.05, 4.69) is 21.7 Å². The quantitative estimate of drug-likeness (QED) is 0.436. The third kappa shape index (κ3) is 3.72. The largest absolute Gasteiger partial charge is 0.358 e. The number of nitrogens with zero attached hydrogens (tertiary/aromatic N) is 4. The second kappa shape index (κ2) is 7.58. The second-order valence-corrected chi connectivity index (χ2v) is 6.92. The third-order valence-electron chi connectivity index (χ3n) is 4.65. The van der Waals surface area contributed by atoms with E-state index in [0.717, 1.165) is 25.1 Å². The molecule has 0 saturated carbocycles. The van der Waals surface area contributed by atoms with Gasteiger partial charge in [-0.15, -0.1) is 0 Å². The molecule has 1 aromatic rings. The van der Waals surface area contributed by atoms with Crippen molar-refractivity contribution in [3.63, 3.8) is 0 Å². The summed E-state index contributed by atoms with van der Waals surface area (Å²) in [5.41, 5.74) is 1.27. The van der Waals surface area contributed by atoms with Gasteiger partial charge in [0.05, 0.1) is 10.8 Å². The minimum absolute atomic E-state index is 0.0954. The Balaban J connectivity index is 1.89. The fourth-order valence-electron chi connectivity index (χ4n) is 3.52. The van der Waals surface area contributed by atoms with Gasteiger partial charge in [-0.2, -0.15) is 0 Å². The molecule has 2 atom stereocenters. The van der Waals surface area contributed by atoms with Crippen LogP contribution in [0.5, 0.6) is 0 Å². The number of halogens is 1. The molecule has 2 aliphatic heterocycles. The van der Waals surface area contributed by atoms with Gasteiger partial charge in [0, 0.05) is 38.9 Å². The fourth-order valence-corrected chi connectivity index (χ4v) is 3.63. The van der Waals surface area contributed by atoms with Crippen LogP contribution < -0.4 is 0 Å². The van der Waals surface area contributed by atoms with Crippen LogP contribution >= 0.6 is 11.6 Å². The van der Waals surface area contributed by atoms with Gasteiger partial charge in [-0.1, -0.05) is 31.5 Å². The summed E-state index contributed by atoms with van der Waals surface area (Å²) < 4.78 is 5.97. The number of hydrogen-bond acceptors (Lipinski definition) is 6. The Bertz CT molecular complexity index is 664. The first-order valence-corrected chi connectivity index (χ1v) is 9.01. The van der Waals surface area contributed by atoms with Gasteiger partial charge in [-0.05, 0) is 18.1 Å². The Morgan fingerprint density at radius 3 is 2.92 bits per heavy atom. The average Bonchev–Trinajstić information content (AvgIpc) is 2.98. The highest BCUT2D eigenvalue weighted by molar-refractivity contribution is 6.29. The zero-order valence-corrected chi connectivity index (χ0v) is 15.3. The highest BCUT2D eigenvalue weighted by atomic mass is 35.5. The average molecular weight is 369 g/mol. The van der Waals surface area contributed by atoms with Crippen molar-refractivity contribution in [3.8, 4) is 0 Å². The number of allylic oxidation sites excluding steroid dienone is 1. The molecule has 25 heavy (non-hydrogen) atoms. The van der Waals surface area contributed by atoms with Crippen LogP contribution in [0.15, 0.2) is 29.8 Å². The molecule has 1 saturated heterocycles. The van der Waals surface area contributed by atoms with Crippen LogP contribution in [0.3, 0.4) is 0 Å². The van der Waals surface area contributed by atoms with Crippen LogP contribution in [0.4, 0.5) is 0 Å². The molecule has 3 heterocycles. The van der Waals surface area contributed by atoms with E-state index in [4.69, 9.17) is 16.3 Å². The fraction of sp³-hybridized carbons (Fsp3) is 0.588. The number of fused-ring (bicyclic) bond motifs is 1. The Kier molecular flexibility index (Phi) is 5.44. The number of rotatable bonds is 6. The highest BCUT2D eigenvalue weighted by Gasteiger charge is 2.45. The Hall–Kier alpha value is -1.86. The molecule has 0 aliphatic carbocycles. The van der Waals surface area contributed by atoms with Crippen LogP contribution in [0.1, 0.15) is 32.3 Å². The first-order valence-electron chi connectivity index (χ1n) is 8.63. The summed E-state index contributed by atoms with van der Waals surface area (Å²) in [4.78, 5) is 19.7. The normalized spacial score (nSPS) is 23.2. The lowest BCUT2D eigenvalue weighted by molar-refractivity contribution is -0.439. The molecule has 0 spiro atoms. The lowest BCUT2D eigenvalue weighted by Gasteiger charge is -2.37. The van der Waals surface area contributed by atoms with E-state index in [1.165, 1.54) is 0 Å². The summed E-state index contributed by atoms with van der Waals surface area (Å²) in [5.74, 6) is 0.548. The topological polar surface area (TPSA) is 71.7 Å². The van der Waals surface area contributed by atoms with E-state index in [1.807, 2.05) is 13.0 Å². The van der Waals surface area contributed by atoms with E-state index >= 15 is 0 Å². The molecule has 0 aromatic carbocycles. The minimum Gasteiger partial charge on any atom is -0.358 e. The summed E-state index contributed by atoms with van der Waals surface area (Å²) >= 11 is 5.84. The summed E-state index contributed by atoms with van der Waals surface area (Å²) in [6.07, 6.45) is 3.20. The molecule has 0 unspecified atom stereocenters. The van der Waals surface area contributed by atoms with Crippen LogP contribution in [-0.2, 0) is 11.3 Å². The van der Waals surface area contributed by atoms with Crippen molar-refractivity contribution >= 4 is 11.6 Å². The van der Waals surface area contributed by atoms with Crippen molar-refractivity contribution in [1.82, 2.24) is 14.8 Å². The predicted molar refractivity (Wildman–Crippen MR) is 94.2 cm³/mol. The Morgan fingerprint density at radius 2 is 2.28 bits per heavy atom. The van der Waals surface area contributed by atoms with Crippen LogP contribution in [0, 0.1) is 16.0 Å². The Labute approximate surface area is 152 Å². The molecule has 3 rings (SSSR count). The van der Waals surface area contributed by atoms with Crippen molar-refractivity contribution in [3.05, 3.63) is 50.7 Å². The van der Waals surface area contributed by atoms with Gasteiger partial charge in [0.1, 0.15) is 11.4 Å². The van der Waals surface area contributed by atoms with Gasteiger partial charge in [0.2, 0.25) is 0 Å². The smallest absolute Gasteiger partial charge is 0.289 e. The number of ether oxygens (including phenoxy) is 1. The van der Waals surface area contributed by atoms with Crippen LogP contribution in [-0.4, -0.2) is 45.6 Å². The van der Waals surface area contributed by atoms with Crippen molar-refractivity contribution < 1.29 is 9.66 Å². The number of hydrogen-bond donors (Lipinski definition) is 0. The summed E-state index contributed by atoms with van der Waals surface area (Å²) in [6, 6.07) is 3.64. The zero-order valence-electron chi connectivity index (χ0n) is 14.5. The maximum absolute atomic E-state index is 11.7. The zero-order chi connectivity index (χ0) is 18.0. The van der Waals surface area contributed by atoms with Crippen molar-refractivity contribution in [1.29, 1.82) is 0 Å². The number of aromatic nitrogens is 1. The third-order valence-corrected chi connectivity index (χ3v) is 4.88. The molecular weight excluding hydrogens is 346 g/mol. The molecule has 1 aromatic heterocycles. The van der Waals surface area contributed by atoms with E-state index in [9.17, 15) is 10.1 Å². The standard InChI is InChI=1S/C17H23ClN4O3/c1-3-8-25-15-9-12(2)16(22(23)24)17-20(6-7-21(15)17)11-13-4-5-14(18)19-10-13/h4-5,10,12,15H,3,6-9,11H2,1-2H3/t12-,15-/m1/s1/i16+2. The van der Waals surface area contributed by atoms with Gasteiger partial charge in [-0.3, -0.25) is 10.1 Å². The minimum atomic E-state index is -0.235. The maximum atomic E-state index is 11.7. The molecule has 2 aliphatic rings. The maximum Gasteiger partial charge on any atom is 0.289 e. The van der Waals surface area contributed by atoms with E-state index in [1.54, 1.807) is 12.3 Å². The highest BCUT2D eigenvalue weighted by Crippen LogP contribution is 2.37. The van der Waals surface area contributed by atoms with Crippen molar-refractivity contribution in [2.75, 3.05) is 19.7 Å². The molecule has 136 valence electrons. The molecule has 0 radical (unpaired) electrons. The SMILES string of the molecule is CCCO[C@@H]1C[C@@H](C)[14C]([N+](=O)[O-])=C2N(Cc3ccc(Cl)nc3)CCN21. The van der Waals surface area contributed by atoms with Crippen LogP contribution in [0.2, 0.25) is 5.15 Å². The molecule has 7 nitrogen and oxygen atoms in total. The molecule has 0 amide bonds. The van der Waals surface area contributed by atoms with Gasteiger partial charge in [-0.25, -0.2) is 4.98 Å². The van der Waals surface area contributed by atoms with Gasteiger partial charge in [0.25, 0.3) is 5.70 Å². The lowest BCUT2D eigenvalue weighted by atomic mass is 10.1. The first-order chi connectivity index (χ1) is 12.0.